The van der Waals surface area contributed by atoms with Crippen LogP contribution in [0.15, 0.2) is 83.3 Å². The molecule has 2 heterocycles. The predicted molar refractivity (Wildman–Crippen MR) is 120 cm³/mol. The van der Waals surface area contributed by atoms with Crippen LogP contribution < -0.4 is 15.8 Å². The van der Waals surface area contributed by atoms with Crippen LogP contribution in [0.4, 0.5) is 17.6 Å². The Morgan fingerprint density at radius 3 is 2.29 bits per heavy atom. The number of aryl methyl sites for hydroxylation is 1. The first-order chi connectivity index (χ1) is 15.2. The van der Waals surface area contributed by atoms with E-state index in [0.717, 1.165) is 33.7 Å². The molecule has 5 aromatic rings. The second-order valence-electron chi connectivity index (χ2n) is 6.96. The summed E-state index contributed by atoms with van der Waals surface area (Å²) in [6.45, 7) is 1.97. The summed E-state index contributed by atoms with van der Waals surface area (Å²) in [4.78, 5) is 13.0. The number of para-hydroxylation sites is 2. The molecule has 152 valence electrons. The van der Waals surface area contributed by atoms with Gasteiger partial charge in [0.25, 0.3) is 0 Å². The summed E-state index contributed by atoms with van der Waals surface area (Å²) in [5.74, 6) is 2.90. The van der Waals surface area contributed by atoms with Crippen molar-refractivity contribution >= 4 is 28.6 Å². The number of furan rings is 1. The third-order valence-corrected chi connectivity index (χ3v) is 4.79. The van der Waals surface area contributed by atoms with Crippen molar-refractivity contribution in [2.24, 2.45) is 0 Å². The lowest BCUT2D eigenvalue weighted by atomic mass is 10.1. The molecule has 0 saturated carbocycles. The Morgan fingerprint density at radius 2 is 1.52 bits per heavy atom. The number of ether oxygens (including phenoxy) is 1. The lowest BCUT2D eigenvalue weighted by Crippen LogP contribution is -2.05. The van der Waals surface area contributed by atoms with Gasteiger partial charge in [0.1, 0.15) is 17.1 Å². The molecule has 31 heavy (non-hydrogen) atoms. The summed E-state index contributed by atoms with van der Waals surface area (Å²) in [5.41, 5.74) is 8.46. The minimum Gasteiger partial charge on any atom is -0.457 e. The van der Waals surface area contributed by atoms with Crippen molar-refractivity contribution in [2.75, 3.05) is 11.1 Å². The maximum atomic E-state index is 5.96. The van der Waals surface area contributed by atoms with E-state index in [2.05, 4.69) is 20.3 Å². The SMILES string of the molecule is Cc1c(-c2nc(N)nc(Nc3ccc(Oc4ccccc4)cc3)n2)oc2ccccc12. The maximum absolute atomic E-state index is 5.96. The Kier molecular flexibility index (Phi) is 4.68. The molecule has 0 fully saturated rings. The molecule has 7 nitrogen and oxygen atoms in total. The molecule has 0 atom stereocenters. The van der Waals surface area contributed by atoms with E-state index >= 15 is 0 Å². The van der Waals surface area contributed by atoms with Gasteiger partial charge in [-0.15, -0.1) is 0 Å². The van der Waals surface area contributed by atoms with Crippen LogP contribution in [0.25, 0.3) is 22.6 Å². The quantitative estimate of drug-likeness (QED) is 0.383. The molecule has 3 N–H and O–H groups in total. The number of nitrogens with two attached hydrogens (primary N) is 1. The Hall–Kier alpha value is -4.39. The van der Waals surface area contributed by atoms with Gasteiger partial charge < -0.3 is 20.2 Å². The second-order valence-corrected chi connectivity index (χ2v) is 6.96. The van der Waals surface area contributed by atoms with Crippen molar-refractivity contribution < 1.29 is 9.15 Å². The van der Waals surface area contributed by atoms with Crippen molar-refractivity contribution in [2.45, 2.75) is 6.92 Å². The summed E-state index contributed by atoms with van der Waals surface area (Å²) in [7, 11) is 0. The van der Waals surface area contributed by atoms with E-state index < -0.39 is 0 Å². The third-order valence-electron chi connectivity index (χ3n) is 4.79. The Morgan fingerprint density at radius 1 is 0.806 bits per heavy atom. The fourth-order valence-electron chi connectivity index (χ4n) is 3.30. The highest BCUT2D eigenvalue weighted by atomic mass is 16.5. The van der Waals surface area contributed by atoms with Crippen LogP contribution in [0.5, 0.6) is 11.5 Å². The number of benzene rings is 3. The highest BCUT2D eigenvalue weighted by Crippen LogP contribution is 2.32. The summed E-state index contributed by atoms with van der Waals surface area (Å²) in [5, 5.41) is 4.17. The van der Waals surface area contributed by atoms with Gasteiger partial charge in [-0.3, -0.25) is 0 Å². The zero-order valence-corrected chi connectivity index (χ0v) is 16.7. The van der Waals surface area contributed by atoms with E-state index in [9.17, 15) is 0 Å². The summed E-state index contributed by atoms with van der Waals surface area (Å²) < 4.78 is 11.8. The number of anilines is 3. The molecule has 0 amide bonds. The minimum absolute atomic E-state index is 0.108. The number of nitrogens with one attached hydrogen (secondary N) is 1. The molecule has 5 rings (SSSR count). The van der Waals surface area contributed by atoms with Crippen molar-refractivity contribution in [3.8, 4) is 23.1 Å². The third kappa shape index (κ3) is 3.89. The van der Waals surface area contributed by atoms with Gasteiger partial charge in [0.05, 0.1) is 0 Å². The molecule has 3 aromatic carbocycles. The standard InChI is InChI=1S/C24H19N5O2/c1-15-19-9-5-6-10-20(19)31-21(15)22-27-23(25)29-24(28-22)26-16-11-13-18(14-12-16)30-17-7-3-2-4-8-17/h2-14H,1H3,(H3,25,26,27,28,29). The van der Waals surface area contributed by atoms with Crippen molar-refractivity contribution in [3.63, 3.8) is 0 Å². The maximum Gasteiger partial charge on any atom is 0.232 e. The number of nitrogens with zero attached hydrogens (tertiary/aromatic N) is 3. The fraction of sp³-hybridized carbons (Fsp3) is 0.0417. The molecule has 0 bridgehead atoms. The van der Waals surface area contributed by atoms with Crippen molar-refractivity contribution in [1.82, 2.24) is 15.0 Å². The Bertz CT molecular complexity index is 1350. The van der Waals surface area contributed by atoms with Crippen molar-refractivity contribution in [3.05, 3.63) is 84.4 Å². The van der Waals surface area contributed by atoms with Crippen molar-refractivity contribution in [1.29, 1.82) is 0 Å². The Balaban J connectivity index is 1.40. The molecule has 0 spiro atoms. The summed E-state index contributed by atoms with van der Waals surface area (Å²) in [6.07, 6.45) is 0. The van der Waals surface area contributed by atoms with Crippen LogP contribution in [0.1, 0.15) is 5.56 Å². The highest BCUT2D eigenvalue weighted by molar-refractivity contribution is 5.86. The average molecular weight is 409 g/mol. The zero-order valence-electron chi connectivity index (χ0n) is 16.7. The van der Waals surface area contributed by atoms with E-state index in [1.54, 1.807) is 0 Å². The number of hydrogen-bond acceptors (Lipinski definition) is 7. The summed E-state index contributed by atoms with van der Waals surface area (Å²) >= 11 is 0. The van der Waals surface area contributed by atoms with E-state index in [-0.39, 0.29) is 5.95 Å². The smallest absolute Gasteiger partial charge is 0.232 e. The van der Waals surface area contributed by atoms with Gasteiger partial charge in [-0.25, -0.2) is 0 Å². The van der Waals surface area contributed by atoms with Gasteiger partial charge in [0.15, 0.2) is 5.76 Å². The lowest BCUT2D eigenvalue weighted by Gasteiger charge is -2.09. The van der Waals surface area contributed by atoms with Gasteiger partial charge in [0.2, 0.25) is 17.7 Å². The first-order valence-corrected chi connectivity index (χ1v) is 9.76. The average Bonchev–Trinajstić information content (AvgIpc) is 3.12. The molecule has 0 aliphatic carbocycles. The van der Waals surface area contributed by atoms with E-state index in [1.807, 2.05) is 85.8 Å². The van der Waals surface area contributed by atoms with E-state index in [1.165, 1.54) is 0 Å². The molecule has 0 unspecified atom stereocenters. The molecule has 0 radical (unpaired) electrons. The molecule has 7 heteroatoms. The fourth-order valence-corrected chi connectivity index (χ4v) is 3.30. The van der Waals surface area contributed by atoms with Crippen LogP contribution in [0.3, 0.4) is 0 Å². The van der Waals surface area contributed by atoms with E-state index in [0.29, 0.717) is 17.5 Å². The summed E-state index contributed by atoms with van der Waals surface area (Å²) in [6, 6.07) is 24.9. The van der Waals surface area contributed by atoms with Gasteiger partial charge >= 0.3 is 0 Å². The molecule has 0 aliphatic heterocycles. The van der Waals surface area contributed by atoms with Gasteiger partial charge in [-0.2, -0.15) is 15.0 Å². The minimum atomic E-state index is 0.108. The normalized spacial score (nSPS) is 10.9. The van der Waals surface area contributed by atoms with Gasteiger partial charge in [-0.05, 0) is 49.4 Å². The first-order valence-electron chi connectivity index (χ1n) is 9.76. The monoisotopic (exact) mass is 409 g/mol. The van der Waals surface area contributed by atoms with E-state index in [4.69, 9.17) is 14.9 Å². The number of rotatable bonds is 5. The van der Waals surface area contributed by atoms with Crippen LogP contribution in [0.2, 0.25) is 0 Å². The zero-order chi connectivity index (χ0) is 21.2. The van der Waals surface area contributed by atoms with Crippen LogP contribution >= 0.6 is 0 Å². The molecule has 2 aromatic heterocycles. The van der Waals surface area contributed by atoms with Gasteiger partial charge in [-0.1, -0.05) is 36.4 Å². The second kappa shape index (κ2) is 7.79. The lowest BCUT2D eigenvalue weighted by molar-refractivity contribution is 0.483. The molecule has 0 saturated heterocycles. The highest BCUT2D eigenvalue weighted by Gasteiger charge is 2.16. The molecular formula is C24H19N5O2. The number of fused-ring (bicyclic) bond motifs is 1. The Labute approximate surface area is 178 Å². The molecular weight excluding hydrogens is 390 g/mol. The van der Waals surface area contributed by atoms with Crippen LogP contribution in [-0.4, -0.2) is 15.0 Å². The van der Waals surface area contributed by atoms with Crippen LogP contribution in [-0.2, 0) is 0 Å². The molecule has 0 aliphatic rings. The van der Waals surface area contributed by atoms with Crippen LogP contribution in [0, 0.1) is 6.92 Å². The topological polar surface area (TPSA) is 99.1 Å². The number of nitrogen functional groups attached to an aromatic ring is 1. The predicted octanol–water partition coefficient (Wildman–Crippen LogP) is 5.71. The number of hydrogen-bond donors (Lipinski definition) is 2. The first kappa shape index (κ1) is 18.6. The largest absolute Gasteiger partial charge is 0.457 e. The van der Waals surface area contributed by atoms with Gasteiger partial charge in [0, 0.05) is 16.6 Å². The number of aromatic nitrogens is 3.